The molecule has 1 aliphatic carbocycles. The molecule has 6 rings (SSSR count). The normalized spacial score (nSPS) is 18.5. The molecule has 2 aromatic carbocycles. The fraction of sp³-hybridized carbons (Fsp3) is 0.529. The highest BCUT2D eigenvalue weighted by atomic mass is 32.1. The van der Waals surface area contributed by atoms with Gasteiger partial charge < -0.3 is 13.9 Å². The van der Waals surface area contributed by atoms with Gasteiger partial charge in [0.15, 0.2) is 5.01 Å². The maximum atomic E-state index is 12.2. The summed E-state index contributed by atoms with van der Waals surface area (Å²) in [5.74, 6) is 1.14. The Balaban J connectivity index is 1.39. The Morgan fingerprint density at radius 2 is 1.93 bits per heavy atom. The number of thiazole rings is 1. The zero-order valence-electron chi connectivity index (χ0n) is 26.1. The van der Waals surface area contributed by atoms with E-state index in [1.54, 1.807) is 11.3 Å². The summed E-state index contributed by atoms with van der Waals surface area (Å²) in [6, 6.07) is 13.6. The van der Waals surface area contributed by atoms with Gasteiger partial charge in [0.1, 0.15) is 0 Å². The van der Waals surface area contributed by atoms with Gasteiger partial charge in [0.2, 0.25) is 5.89 Å². The van der Waals surface area contributed by atoms with Crippen LogP contribution in [0.15, 0.2) is 40.8 Å². The van der Waals surface area contributed by atoms with E-state index in [0.717, 1.165) is 36.9 Å². The molecule has 9 heteroatoms. The number of ether oxygens (including phenoxy) is 2. The standard InChI is InChI=1S/C34H42N4O4S/c1-21(38-16-17-41-20-34(38,4)5)23-14-15-26(25-13-8-7-12-24(23)25)29-27(18-22-10-9-11-22)35-31(43-29)30-37-36-28(42-30)19-33(2,3)32(39)40-6/h7-8,12-15,21-22H,9-11,16-20H2,1-6H3. The van der Waals surface area contributed by atoms with Crippen molar-refractivity contribution in [2.75, 3.05) is 26.9 Å². The molecule has 1 unspecified atom stereocenters. The second-order valence-electron chi connectivity index (χ2n) is 13.3. The number of aromatic nitrogens is 3. The van der Waals surface area contributed by atoms with Crippen molar-refractivity contribution in [3.8, 4) is 21.3 Å². The molecule has 0 spiro atoms. The zero-order chi connectivity index (χ0) is 30.4. The van der Waals surface area contributed by atoms with Crippen molar-refractivity contribution in [3.63, 3.8) is 0 Å². The summed E-state index contributed by atoms with van der Waals surface area (Å²) in [5, 5.41) is 11.8. The van der Waals surface area contributed by atoms with Crippen molar-refractivity contribution in [1.29, 1.82) is 0 Å². The number of carbonyl (C=O) groups is 1. The van der Waals surface area contributed by atoms with E-state index < -0.39 is 5.41 Å². The smallest absolute Gasteiger partial charge is 0.311 e. The molecule has 1 saturated carbocycles. The van der Waals surface area contributed by atoms with Crippen LogP contribution in [0, 0.1) is 11.3 Å². The van der Waals surface area contributed by atoms with Crippen molar-refractivity contribution >= 4 is 28.1 Å². The molecule has 0 amide bonds. The first-order chi connectivity index (χ1) is 20.6. The Morgan fingerprint density at radius 1 is 1.16 bits per heavy atom. The lowest BCUT2D eigenvalue weighted by Gasteiger charge is -2.46. The molecule has 1 atom stereocenters. The lowest BCUT2D eigenvalue weighted by molar-refractivity contribution is -0.150. The van der Waals surface area contributed by atoms with Crippen LogP contribution in [0.3, 0.4) is 0 Å². The van der Waals surface area contributed by atoms with Gasteiger partial charge in [0.05, 0.1) is 36.3 Å². The van der Waals surface area contributed by atoms with Crippen LogP contribution < -0.4 is 0 Å². The van der Waals surface area contributed by atoms with Gasteiger partial charge in [0.25, 0.3) is 5.89 Å². The molecular weight excluding hydrogens is 560 g/mol. The van der Waals surface area contributed by atoms with Crippen LogP contribution in [-0.4, -0.2) is 58.5 Å². The molecule has 0 radical (unpaired) electrons. The summed E-state index contributed by atoms with van der Waals surface area (Å²) < 4.78 is 16.9. The summed E-state index contributed by atoms with van der Waals surface area (Å²) in [4.78, 5) is 21.1. The minimum absolute atomic E-state index is 0.0328. The van der Waals surface area contributed by atoms with E-state index in [1.807, 2.05) is 13.8 Å². The molecular formula is C34H42N4O4S. The van der Waals surface area contributed by atoms with E-state index in [9.17, 15) is 4.79 Å². The molecule has 3 heterocycles. The number of hydrogen-bond donors (Lipinski definition) is 0. The lowest BCUT2D eigenvalue weighted by Crippen LogP contribution is -2.53. The number of fused-ring (bicyclic) bond motifs is 1. The summed E-state index contributed by atoms with van der Waals surface area (Å²) in [6.45, 7) is 12.9. The molecule has 228 valence electrons. The third-order valence-corrected chi connectivity index (χ3v) is 10.3. The lowest BCUT2D eigenvalue weighted by atomic mass is 9.81. The Labute approximate surface area is 257 Å². The first-order valence-electron chi connectivity index (χ1n) is 15.3. The molecule has 2 aliphatic rings. The van der Waals surface area contributed by atoms with Crippen molar-refractivity contribution in [1.82, 2.24) is 20.1 Å². The van der Waals surface area contributed by atoms with Gasteiger partial charge in [-0.15, -0.1) is 21.5 Å². The Kier molecular flexibility index (Phi) is 8.17. The Morgan fingerprint density at radius 3 is 2.63 bits per heavy atom. The summed E-state index contributed by atoms with van der Waals surface area (Å²) in [5.41, 5.74) is 2.82. The predicted octanol–water partition coefficient (Wildman–Crippen LogP) is 7.27. The third-order valence-electron chi connectivity index (χ3n) is 9.21. The zero-order valence-corrected chi connectivity index (χ0v) is 26.9. The number of methoxy groups -OCH3 is 1. The molecule has 2 aromatic heterocycles. The van der Waals surface area contributed by atoms with E-state index >= 15 is 0 Å². The second kappa shape index (κ2) is 11.7. The average molecular weight is 603 g/mol. The number of nitrogens with zero attached hydrogens (tertiary/aromatic N) is 4. The molecule has 0 bridgehead atoms. The van der Waals surface area contributed by atoms with E-state index in [0.29, 0.717) is 24.1 Å². The summed E-state index contributed by atoms with van der Waals surface area (Å²) in [7, 11) is 1.39. The van der Waals surface area contributed by atoms with Gasteiger partial charge in [-0.25, -0.2) is 4.98 Å². The van der Waals surface area contributed by atoms with Gasteiger partial charge >= 0.3 is 5.97 Å². The van der Waals surface area contributed by atoms with E-state index in [-0.39, 0.29) is 17.6 Å². The van der Waals surface area contributed by atoms with Crippen LogP contribution in [0.25, 0.3) is 32.1 Å². The van der Waals surface area contributed by atoms with Crippen LogP contribution >= 0.6 is 11.3 Å². The van der Waals surface area contributed by atoms with Crippen LogP contribution in [0.5, 0.6) is 0 Å². The van der Waals surface area contributed by atoms with Crippen LogP contribution in [-0.2, 0) is 27.1 Å². The first kappa shape index (κ1) is 29.9. The minimum Gasteiger partial charge on any atom is -0.469 e. The quantitative estimate of drug-likeness (QED) is 0.185. The Bertz CT molecular complexity index is 1620. The van der Waals surface area contributed by atoms with Gasteiger partial charge in [0, 0.05) is 30.1 Å². The largest absolute Gasteiger partial charge is 0.469 e. The maximum Gasteiger partial charge on any atom is 0.311 e. The third kappa shape index (κ3) is 5.87. The average Bonchev–Trinajstić information content (AvgIpc) is 3.60. The topological polar surface area (TPSA) is 90.6 Å². The highest BCUT2D eigenvalue weighted by molar-refractivity contribution is 7.18. The van der Waals surface area contributed by atoms with E-state index in [2.05, 4.69) is 72.3 Å². The van der Waals surface area contributed by atoms with Crippen molar-refractivity contribution in [2.45, 2.75) is 78.3 Å². The number of benzene rings is 2. The van der Waals surface area contributed by atoms with Crippen LogP contribution in [0.1, 0.15) is 77.1 Å². The minimum atomic E-state index is -0.768. The predicted molar refractivity (Wildman–Crippen MR) is 169 cm³/mol. The van der Waals surface area contributed by atoms with Crippen molar-refractivity contribution in [3.05, 3.63) is 53.5 Å². The molecule has 4 aromatic rings. The number of hydrogen-bond acceptors (Lipinski definition) is 9. The second-order valence-corrected chi connectivity index (χ2v) is 14.3. The molecule has 2 fully saturated rings. The molecule has 1 aliphatic heterocycles. The van der Waals surface area contributed by atoms with Gasteiger partial charge in [-0.2, -0.15) is 0 Å². The highest BCUT2D eigenvalue weighted by Gasteiger charge is 2.35. The van der Waals surface area contributed by atoms with E-state index in [4.69, 9.17) is 18.9 Å². The van der Waals surface area contributed by atoms with Crippen molar-refractivity contribution in [2.24, 2.45) is 11.3 Å². The number of rotatable bonds is 9. The number of esters is 1. The highest BCUT2D eigenvalue weighted by Crippen LogP contribution is 2.44. The fourth-order valence-electron chi connectivity index (χ4n) is 6.54. The molecule has 1 saturated heterocycles. The van der Waals surface area contributed by atoms with Crippen molar-refractivity contribution < 1.29 is 18.7 Å². The SMILES string of the molecule is COC(=O)C(C)(C)Cc1nnc(-c2nc(CC3CCC3)c(-c3ccc(C(C)N4CCOCC4(C)C)c4ccccc34)s2)o1. The van der Waals surface area contributed by atoms with Gasteiger partial charge in [-0.1, -0.05) is 55.7 Å². The summed E-state index contributed by atoms with van der Waals surface area (Å²) >= 11 is 1.62. The molecule has 8 nitrogen and oxygen atoms in total. The van der Waals surface area contributed by atoms with E-state index in [1.165, 1.54) is 53.1 Å². The summed E-state index contributed by atoms with van der Waals surface area (Å²) in [6.07, 6.45) is 5.01. The van der Waals surface area contributed by atoms with Crippen LogP contribution in [0.4, 0.5) is 0 Å². The first-order valence-corrected chi connectivity index (χ1v) is 16.2. The molecule has 0 N–H and O–H groups in total. The maximum absolute atomic E-state index is 12.2. The fourth-order valence-corrected chi connectivity index (χ4v) is 7.59. The van der Waals surface area contributed by atoms with Gasteiger partial charge in [-0.3, -0.25) is 9.69 Å². The number of carbonyl (C=O) groups excluding carboxylic acids is 1. The molecule has 43 heavy (non-hydrogen) atoms. The van der Waals surface area contributed by atoms with Gasteiger partial charge in [-0.05, 0) is 63.3 Å². The number of morpholine rings is 1. The monoisotopic (exact) mass is 602 g/mol. The Hall–Kier alpha value is -3.14. The van der Waals surface area contributed by atoms with Crippen LogP contribution in [0.2, 0.25) is 0 Å².